The molecule has 28 heavy (non-hydrogen) atoms. The van der Waals surface area contributed by atoms with Gasteiger partial charge in [0.1, 0.15) is 17.2 Å². The Balaban J connectivity index is 0.000000178. The van der Waals surface area contributed by atoms with Crippen molar-refractivity contribution >= 4 is 39.6 Å². The summed E-state index contributed by atoms with van der Waals surface area (Å²) in [6.07, 6.45) is 4.21. The highest BCUT2D eigenvalue weighted by molar-refractivity contribution is 8.03. The minimum Gasteiger partial charge on any atom is -0.744 e. The van der Waals surface area contributed by atoms with Crippen LogP contribution in [0.15, 0.2) is 69.5 Å². The van der Waals surface area contributed by atoms with E-state index in [0.29, 0.717) is 5.84 Å². The van der Waals surface area contributed by atoms with Gasteiger partial charge in [-0.25, -0.2) is 13.4 Å². The molecule has 0 aromatic heterocycles. The van der Waals surface area contributed by atoms with Crippen molar-refractivity contribution in [2.75, 3.05) is 12.8 Å². The van der Waals surface area contributed by atoms with Crippen LogP contribution < -0.4 is 0 Å². The van der Waals surface area contributed by atoms with Crippen LogP contribution in [-0.4, -0.2) is 48.1 Å². The van der Waals surface area contributed by atoms with Gasteiger partial charge < -0.3 is 4.55 Å². The summed E-state index contributed by atoms with van der Waals surface area (Å²) in [5.74, 6) is 1.37. The Kier molecular flexibility index (Phi) is 5.93. The lowest BCUT2D eigenvalue weighted by molar-refractivity contribution is -0.422. The van der Waals surface area contributed by atoms with E-state index in [0.717, 1.165) is 28.2 Å². The molecule has 0 radical (unpaired) electrons. The maximum absolute atomic E-state index is 10.4. The number of thioether (sulfide) groups is 1. The third kappa shape index (κ3) is 4.64. The molecule has 2 aromatic rings. The second kappa shape index (κ2) is 8.22. The van der Waals surface area contributed by atoms with E-state index in [1.165, 1.54) is 17.2 Å². The normalized spacial score (nSPS) is 17.0. The van der Waals surface area contributed by atoms with Crippen LogP contribution in [-0.2, 0) is 10.1 Å². The van der Waals surface area contributed by atoms with E-state index in [1.807, 2.05) is 38.2 Å². The first-order chi connectivity index (χ1) is 13.3. The molecule has 144 valence electrons. The first-order valence-corrected chi connectivity index (χ1v) is 10.9. The molecule has 0 fully saturated rings. The molecule has 0 unspecified atom stereocenters. The van der Waals surface area contributed by atoms with Gasteiger partial charge in [-0.3, -0.25) is 5.41 Å². The Hall–Kier alpha value is -2.55. The Morgan fingerprint density at radius 3 is 2.36 bits per heavy atom. The zero-order valence-corrected chi connectivity index (χ0v) is 17.0. The zero-order chi connectivity index (χ0) is 20.3. The highest BCUT2D eigenvalue weighted by Crippen LogP contribution is 2.24. The molecule has 0 saturated carbocycles. The summed E-state index contributed by atoms with van der Waals surface area (Å²) in [4.78, 5) is 4.15. The highest BCUT2D eigenvalue weighted by Gasteiger charge is 2.22. The van der Waals surface area contributed by atoms with Crippen LogP contribution in [0.3, 0.4) is 0 Å². The van der Waals surface area contributed by atoms with Crippen molar-refractivity contribution in [3.8, 4) is 0 Å². The van der Waals surface area contributed by atoms with Gasteiger partial charge in [0.15, 0.2) is 12.1 Å². The topological polar surface area (TPSA) is 96.4 Å². The van der Waals surface area contributed by atoms with Crippen molar-refractivity contribution in [3.05, 3.63) is 76.3 Å². The molecule has 8 heteroatoms. The van der Waals surface area contributed by atoms with Gasteiger partial charge in [0.05, 0.1) is 16.4 Å². The monoisotopic (exact) mass is 413 g/mol. The molecule has 2 aromatic carbocycles. The number of fused-ring (bicyclic) bond motifs is 1. The molecule has 0 saturated heterocycles. The fourth-order valence-electron chi connectivity index (χ4n) is 2.66. The van der Waals surface area contributed by atoms with Crippen molar-refractivity contribution < 1.29 is 17.5 Å². The van der Waals surface area contributed by atoms with Crippen molar-refractivity contribution in [1.29, 1.82) is 5.41 Å². The lowest BCUT2D eigenvalue weighted by Gasteiger charge is -2.05. The highest BCUT2D eigenvalue weighted by atomic mass is 32.2. The van der Waals surface area contributed by atoms with Crippen LogP contribution >= 0.6 is 11.8 Å². The molecule has 0 aliphatic carbocycles. The van der Waals surface area contributed by atoms with Gasteiger partial charge in [-0.2, -0.15) is 4.58 Å². The Morgan fingerprint density at radius 1 is 1.14 bits per heavy atom. The summed E-state index contributed by atoms with van der Waals surface area (Å²) in [6.45, 7) is 1.82. The molecule has 4 rings (SSSR count). The summed E-state index contributed by atoms with van der Waals surface area (Å²) in [6, 6.07) is 13.7. The number of amidine groups is 1. The average molecular weight is 414 g/mol. The van der Waals surface area contributed by atoms with Gasteiger partial charge in [0.2, 0.25) is 5.03 Å². The third-order valence-electron chi connectivity index (χ3n) is 4.19. The van der Waals surface area contributed by atoms with E-state index < -0.39 is 10.1 Å². The summed E-state index contributed by atoms with van der Waals surface area (Å²) in [5, 5.41) is 9.03. The standard InChI is InChI=1S/C13H12N3S.C7H8O3S/c1-16-6-7-17-12(16)8-11-9-4-2-3-5-10(9)13(14)15-11;1-6-2-4-7(5-3-6)11(8,9)10/h2-6,8,14H,7H2,1H3;2-5H,1H3,(H,8,9,10)/q+1;/p-1. The largest absolute Gasteiger partial charge is 0.744 e. The minimum atomic E-state index is -4.27. The van der Waals surface area contributed by atoms with Crippen LogP contribution in [0.25, 0.3) is 0 Å². The summed E-state index contributed by atoms with van der Waals surface area (Å²) < 4.78 is 33.3. The molecule has 6 nitrogen and oxygen atoms in total. The molecular weight excluding hydrogens is 394 g/mol. The van der Waals surface area contributed by atoms with Crippen molar-refractivity contribution in [2.45, 2.75) is 11.8 Å². The SMILES string of the molecule is C[N+]1=CCSC1=CC1=NC(=N)c2ccccc21.Cc1ccc(S(=O)(=O)[O-])cc1. The number of hydrogen-bond acceptors (Lipinski definition) is 5. The lowest BCUT2D eigenvalue weighted by atomic mass is 10.1. The van der Waals surface area contributed by atoms with Gasteiger partial charge in [0.25, 0.3) is 0 Å². The fourth-order valence-corrected chi connectivity index (χ4v) is 4.07. The molecule has 2 aliphatic rings. The number of benzene rings is 2. The Morgan fingerprint density at radius 2 is 1.79 bits per heavy atom. The first kappa shape index (κ1) is 20.2. The van der Waals surface area contributed by atoms with Crippen LogP contribution in [0.2, 0.25) is 0 Å². The van der Waals surface area contributed by atoms with E-state index in [2.05, 4.69) is 21.9 Å². The second-order valence-corrected chi connectivity index (χ2v) is 8.67. The fraction of sp³-hybridized carbons (Fsp3) is 0.150. The maximum Gasteiger partial charge on any atom is 0.242 e. The van der Waals surface area contributed by atoms with E-state index in [-0.39, 0.29) is 4.90 Å². The van der Waals surface area contributed by atoms with Crippen LogP contribution in [0.4, 0.5) is 0 Å². The van der Waals surface area contributed by atoms with Crippen molar-refractivity contribution in [1.82, 2.24) is 0 Å². The van der Waals surface area contributed by atoms with E-state index in [4.69, 9.17) is 5.41 Å². The average Bonchev–Trinajstić information content (AvgIpc) is 3.19. The predicted molar refractivity (Wildman–Crippen MR) is 112 cm³/mol. The predicted octanol–water partition coefficient (Wildman–Crippen LogP) is 3.02. The molecule has 0 spiro atoms. The molecule has 0 atom stereocenters. The van der Waals surface area contributed by atoms with E-state index in [9.17, 15) is 13.0 Å². The molecule has 0 amide bonds. The summed E-state index contributed by atoms with van der Waals surface area (Å²) >= 11 is 1.79. The third-order valence-corrected chi connectivity index (χ3v) is 6.05. The van der Waals surface area contributed by atoms with E-state index in [1.54, 1.807) is 23.9 Å². The second-order valence-electron chi connectivity index (χ2n) is 6.25. The van der Waals surface area contributed by atoms with Crippen LogP contribution in [0, 0.1) is 12.3 Å². The smallest absolute Gasteiger partial charge is 0.242 e. The molecule has 2 heterocycles. The lowest BCUT2D eigenvalue weighted by Crippen LogP contribution is -2.01. The van der Waals surface area contributed by atoms with Gasteiger partial charge >= 0.3 is 0 Å². The number of aryl methyl sites for hydroxylation is 1. The number of rotatable bonds is 2. The number of nitrogens with zero attached hydrogens (tertiary/aromatic N) is 2. The zero-order valence-electron chi connectivity index (χ0n) is 15.4. The summed E-state index contributed by atoms with van der Waals surface area (Å²) in [7, 11) is -2.23. The quantitative estimate of drug-likeness (QED) is 0.605. The number of aliphatic imine (C=N–C) groups is 1. The first-order valence-electron chi connectivity index (χ1n) is 8.46. The van der Waals surface area contributed by atoms with Gasteiger partial charge in [-0.05, 0) is 30.8 Å². The molecular formula is C20H19N3O3S2. The Bertz CT molecular complexity index is 1120. The number of allylic oxidation sites excluding steroid dienone is 1. The van der Waals surface area contributed by atoms with Gasteiger partial charge in [0, 0.05) is 17.2 Å². The maximum atomic E-state index is 10.4. The minimum absolute atomic E-state index is 0.178. The van der Waals surface area contributed by atoms with Gasteiger partial charge in [-0.15, -0.1) is 0 Å². The Labute approximate surface area is 168 Å². The van der Waals surface area contributed by atoms with Crippen LogP contribution in [0.1, 0.15) is 16.7 Å². The molecule has 2 aliphatic heterocycles. The molecule has 0 bridgehead atoms. The molecule has 1 N–H and O–H groups in total. The van der Waals surface area contributed by atoms with Crippen LogP contribution in [0.5, 0.6) is 0 Å². The van der Waals surface area contributed by atoms with Gasteiger partial charge in [-0.1, -0.05) is 42.0 Å². The van der Waals surface area contributed by atoms with Crippen molar-refractivity contribution in [3.63, 3.8) is 0 Å². The van der Waals surface area contributed by atoms with Crippen molar-refractivity contribution in [2.24, 2.45) is 4.99 Å². The number of hydrogen-bond donors (Lipinski definition) is 1. The van der Waals surface area contributed by atoms with E-state index >= 15 is 0 Å². The summed E-state index contributed by atoms with van der Waals surface area (Å²) in [5.41, 5.74) is 3.81. The number of nitrogens with one attached hydrogen (secondary N) is 1.